The molecule has 0 unspecified atom stereocenters. The molecule has 0 amide bonds. The van der Waals surface area contributed by atoms with E-state index in [9.17, 15) is 4.79 Å². The quantitative estimate of drug-likeness (QED) is 0.414. The summed E-state index contributed by atoms with van der Waals surface area (Å²) in [5, 5.41) is 6.13. The number of allylic oxidation sites excluding steroid dienone is 2. The van der Waals surface area contributed by atoms with Gasteiger partial charge in [0, 0.05) is 29.9 Å². The Kier molecular flexibility index (Phi) is 16.5. The molecule has 168 valence electrons. The van der Waals surface area contributed by atoms with Gasteiger partial charge >= 0.3 is 0 Å². The van der Waals surface area contributed by atoms with Gasteiger partial charge in [-0.25, -0.2) is 0 Å². The molecule has 1 aromatic carbocycles. The van der Waals surface area contributed by atoms with Crippen molar-refractivity contribution >= 4 is 35.0 Å². The average Bonchev–Trinajstić information content (AvgIpc) is 2.71. The number of hydrogen-bond donors (Lipinski definition) is 2. The van der Waals surface area contributed by atoms with Gasteiger partial charge in [-0.2, -0.15) is 0 Å². The van der Waals surface area contributed by atoms with E-state index in [1.165, 1.54) is 11.1 Å². The van der Waals surface area contributed by atoms with Crippen molar-refractivity contribution in [3.63, 3.8) is 0 Å². The number of nitrogens with one attached hydrogen (secondary N) is 2. The van der Waals surface area contributed by atoms with E-state index >= 15 is 0 Å². The molecule has 0 atom stereocenters. The van der Waals surface area contributed by atoms with Gasteiger partial charge in [-0.1, -0.05) is 78.5 Å². The molecular weight excluding hydrogens is 400 g/mol. The third-order valence-corrected chi connectivity index (χ3v) is 5.03. The van der Waals surface area contributed by atoms with Crippen molar-refractivity contribution in [1.82, 2.24) is 5.32 Å². The molecule has 0 fully saturated rings. The van der Waals surface area contributed by atoms with Crippen LogP contribution in [0.4, 0.5) is 5.69 Å². The molecule has 0 aliphatic heterocycles. The zero-order valence-electron chi connectivity index (χ0n) is 20.2. The smallest absolute Gasteiger partial charge is 0.220 e. The van der Waals surface area contributed by atoms with Gasteiger partial charge in [0.2, 0.25) is 5.43 Å². The van der Waals surface area contributed by atoms with Gasteiger partial charge in [-0.3, -0.25) is 4.79 Å². The van der Waals surface area contributed by atoms with Crippen molar-refractivity contribution in [1.29, 1.82) is 0 Å². The summed E-state index contributed by atoms with van der Waals surface area (Å²) in [6, 6.07) is 0. The summed E-state index contributed by atoms with van der Waals surface area (Å²) in [6.07, 6.45) is 1.07. The lowest BCUT2D eigenvalue weighted by Crippen LogP contribution is -2.30. The second kappa shape index (κ2) is 15.8. The van der Waals surface area contributed by atoms with Crippen LogP contribution in [0.1, 0.15) is 74.3 Å². The van der Waals surface area contributed by atoms with Crippen molar-refractivity contribution in [2.45, 2.75) is 74.1 Å². The minimum absolute atomic E-state index is 0.0369. The minimum Gasteiger partial charge on any atom is -0.379 e. The Hall–Kier alpha value is -0.950. The van der Waals surface area contributed by atoms with Crippen LogP contribution in [0.3, 0.4) is 0 Å². The third kappa shape index (κ3) is 10.1. The molecule has 0 spiro atoms. The minimum atomic E-state index is -0.0830. The molecule has 0 saturated carbocycles. The van der Waals surface area contributed by atoms with Gasteiger partial charge < -0.3 is 15.4 Å². The highest BCUT2D eigenvalue weighted by atomic mass is 32.1. The van der Waals surface area contributed by atoms with Gasteiger partial charge in [0.15, 0.2) is 0 Å². The molecule has 1 aliphatic rings. The molecule has 0 heterocycles. The molecule has 1 aliphatic carbocycles. The summed E-state index contributed by atoms with van der Waals surface area (Å²) in [4.78, 5) is 12.8. The van der Waals surface area contributed by atoms with Gasteiger partial charge in [0.1, 0.15) is 0 Å². The van der Waals surface area contributed by atoms with Crippen LogP contribution in [0.5, 0.6) is 0 Å². The Morgan fingerprint density at radius 2 is 1.52 bits per heavy atom. The SMILES string of the molecule is CC.CC.CC1=C(C)C(=S)C1.CNCCOCCNc1c(C(C)(C)C)c(=S)c1=O. The van der Waals surface area contributed by atoms with E-state index in [1.54, 1.807) is 0 Å². The van der Waals surface area contributed by atoms with E-state index < -0.39 is 0 Å². The van der Waals surface area contributed by atoms with Crippen molar-refractivity contribution in [3.05, 3.63) is 31.4 Å². The first-order valence-corrected chi connectivity index (χ1v) is 11.4. The highest BCUT2D eigenvalue weighted by Gasteiger charge is 2.27. The first-order valence-electron chi connectivity index (χ1n) is 10.6. The van der Waals surface area contributed by atoms with Crippen molar-refractivity contribution < 1.29 is 4.74 Å². The fourth-order valence-corrected chi connectivity index (χ4v) is 3.34. The molecular formula is C23H42N2O2S2. The van der Waals surface area contributed by atoms with Crippen LogP contribution in [0, 0.1) is 4.51 Å². The van der Waals surface area contributed by atoms with Crippen LogP contribution in [0.25, 0.3) is 0 Å². The Labute approximate surface area is 189 Å². The fourth-order valence-electron chi connectivity index (χ4n) is 2.44. The number of rotatable bonds is 7. The van der Waals surface area contributed by atoms with Crippen LogP contribution in [-0.4, -0.2) is 38.2 Å². The van der Waals surface area contributed by atoms with Crippen LogP contribution < -0.4 is 16.1 Å². The van der Waals surface area contributed by atoms with E-state index in [1.807, 2.05) is 34.7 Å². The Morgan fingerprint density at radius 3 is 1.86 bits per heavy atom. The topological polar surface area (TPSA) is 50.4 Å². The van der Waals surface area contributed by atoms with Gasteiger partial charge in [-0.05, 0) is 31.9 Å². The summed E-state index contributed by atoms with van der Waals surface area (Å²) in [5.41, 5.74) is 4.33. The van der Waals surface area contributed by atoms with Gasteiger partial charge in [0.25, 0.3) is 0 Å². The van der Waals surface area contributed by atoms with E-state index in [2.05, 4.69) is 45.3 Å². The molecule has 2 rings (SSSR count). The largest absolute Gasteiger partial charge is 0.379 e. The molecule has 6 heteroatoms. The fraction of sp³-hybridized carbons (Fsp3) is 0.696. The highest BCUT2D eigenvalue weighted by Crippen LogP contribution is 2.30. The normalized spacial score (nSPS) is 12.7. The van der Waals surface area contributed by atoms with Crippen LogP contribution in [0.2, 0.25) is 0 Å². The Bertz CT molecular complexity index is 709. The van der Waals surface area contributed by atoms with Crippen molar-refractivity contribution in [2.75, 3.05) is 38.7 Å². The third-order valence-electron chi connectivity index (χ3n) is 4.19. The first kappa shape index (κ1) is 30.2. The maximum absolute atomic E-state index is 11.7. The molecule has 0 radical (unpaired) electrons. The van der Waals surface area contributed by atoms with E-state index in [-0.39, 0.29) is 10.8 Å². The van der Waals surface area contributed by atoms with E-state index in [4.69, 9.17) is 29.2 Å². The van der Waals surface area contributed by atoms with Gasteiger partial charge in [0.05, 0.1) is 23.4 Å². The lowest BCUT2D eigenvalue weighted by Gasteiger charge is -2.25. The number of thiocarbonyl (C=S) groups is 1. The summed E-state index contributed by atoms with van der Waals surface area (Å²) < 4.78 is 5.86. The predicted octanol–water partition coefficient (Wildman–Crippen LogP) is 5.75. The zero-order valence-corrected chi connectivity index (χ0v) is 21.8. The number of anilines is 1. The second-order valence-corrected chi connectivity index (χ2v) is 8.21. The summed E-state index contributed by atoms with van der Waals surface area (Å²) in [7, 11) is 1.88. The molecule has 0 aromatic heterocycles. The maximum Gasteiger partial charge on any atom is 0.220 e. The van der Waals surface area contributed by atoms with Crippen LogP contribution in [-0.2, 0) is 10.2 Å². The highest BCUT2D eigenvalue weighted by molar-refractivity contribution is 7.81. The molecule has 29 heavy (non-hydrogen) atoms. The van der Waals surface area contributed by atoms with Crippen molar-refractivity contribution in [2.24, 2.45) is 0 Å². The lowest BCUT2D eigenvalue weighted by molar-refractivity contribution is 0.147. The maximum atomic E-state index is 11.7. The number of hydrogen-bond acceptors (Lipinski definition) is 6. The Morgan fingerprint density at radius 1 is 1.00 bits per heavy atom. The summed E-state index contributed by atoms with van der Waals surface area (Å²) in [6.45, 7) is 21.1. The molecule has 2 N–H and O–H groups in total. The van der Waals surface area contributed by atoms with Crippen LogP contribution in [0.15, 0.2) is 15.9 Å². The summed E-state index contributed by atoms with van der Waals surface area (Å²) >= 11 is 10.0. The molecule has 4 nitrogen and oxygen atoms in total. The van der Waals surface area contributed by atoms with Gasteiger partial charge in [-0.15, -0.1) is 0 Å². The lowest BCUT2D eigenvalue weighted by atomic mass is 9.83. The molecule has 0 bridgehead atoms. The summed E-state index contributed by atoms with van der Waals surface area (Å²) in [5.74, 6) is 0. The zero-order chi connectivity index (χ0) is 23.2. The second-order valence-electron chi connectivity index (χ2n) is 7.31. The number of ether oxygens (including phenoxy) is 1. The molecule has 1 aromatic rings. The van der Waals surface area contributed by atoms with E-state index in [0.29, 0.717) is 30.0 Å². The van der Waals surface area contributed by atoms with Crippen molar-refractivity contribution in [3.8, 4) is 0 Å². The van der Waals surface area contributed by atoms with Crippen LogP contribution >= 0.6 is 24.4 Å². The Balaban J connectivity index is 0. The first-order chi connectivity index (χ1) is 13.6. The average molecular weight is 443 g/mol. The van der Waals surface area contributed by atoms with E-state index in [0.717, 1.165) is 23.4 Å². The monoisotopic (exact) mass is 442 g/mol. The standard InChI is InChI=1S/C13H22N2O2S.C6H8S.2C2H6/c1-13(2,3)9-10(11(16)12(9)18)15-6-8-17-7-5-14-4;1-4-3-6(7)5(4)2;2*1-2/h14-15H,5-8H2,1-4H3;3H2,1-2H3;2*1-2H3. The molecule has 0 saturated heterocycles. The predicted molar refractivity (Wildman–Crippen MR) is 136 cm³/mol. The number of likely N-dealkylation sites (N-methyl/N-ethyl adjacent to an activating group) is 1.